The first-order valence-corrected chi connectivity index (χ1v) is 14.0. The van der Waals surface area contributed by atoms with Crippen molar-refractivity contribution in [3.8, 4) is 11.5 Å². The van der Waals surface area contributed by atoms with E-state index in [9.17, 15) is 22.8 Å². The van der Waals surface area contributed by atoms with Crippen molar-refractivity contribution in [1.82, 2.24) is 0 Å². The molecular weight excluding hydrogens is 575 g/mol. The van der Waals surface area contributed by atoms with Crippen LogP contribution in [0.5, 0.6) is 11.5 Å². The number of ketones is 2. The van der Waals surface area contributed by atoms with Gasteiger partial charge in [-0.1, -0.05) is 22.0 Å². The SMILES string of the molecule is CCOc1cc(Br)c(C2C3=C(CCCC3=O)N(c3cccc(C(F)(F)F)c3)C3=C2C(=O)CCC3)cc1OCC. The number of ether oxygens (including phenoxy) is 2. The average molecular weight is 604 g/mol. The number of anilines is 1. The van der Waals surface area contributed by atoms with E-state index in [1.165, 1.54) is 6.07 Å². The number of carbonyl (C=O) groups excluding carboxylic acids is 2. The molecular formula is C30H29BrF3NO4. The number of hydrogen-bond acceptors (Lipinski definition) is 5. The highest BCUT2D eigenvalue weighted by molar-refractivity contribution is 9.10. The molecule has 5 nitrogen and oxygen atoms in total. The second-order valence-electron chi connectivity index (χ2n) is 9.78. The predicted molar refractivity (Wildman–Crippen MR) is 145 cm³/mol. The number of nitrogens with zero attached hydrogens (tertiary/aromatic N) is 1. The number of rotatable bonds is 6. The third-order valence-electron chi connectivity index (χ3n) is 7.38. The average Bonchev–Trinajstić information content (AvgIpc) is 2.89. The molecule has 2 aliphatic carbocycles. The lowest BCUT2D eigenvalue weighted by Gasteiger charge is -2.44. The van der Waals surface area contributed by atoms with Crippen LogP contribution in [0.3, 0.4) is 0 Å². The number of benzene rings is 2. The molecule has 0 fully saturated rings. The molecule has 206 valence electrons. The van der Waals surface area contributed by atoms with Crippen molar-refractivity contribution in [2.45, 2.75) is 64.5 Å². The summed E-state index contributed by atoms with van der Waals surface area (Å²) < 4.78 is 53.3. The number of carbonyl (C=O) groups is 2. The highest BCUT2D eigenvalue weighted by atomic mass is 79.9. The van der Waals surface area contributed by atoms with Gasteiger partial charge in [0.05, 0.1) is 18.8 Å². The van der Waals surface area contributed by atoms with Crippen LogP contribution < -0.4 is 14.4 Å². The van der Waals surface area contributed by atoms with Crippen LogP contribution >= 0.6 is 15.9 Å². The van der Waals surface area contributed by atoms with Crippen LogP contribution in [0.15, 0.2) is 63.4 Å². The fourth-order valence-electron chi connectivity index (χ4n) is 5.87. The third kappa shape index (κ3) is 5.01. The van der Waals surface area contributed by atoms with E-state index in [-0.39, 0.29) is 11.6 Å². The van der Waals surface area contributed by atoms with Gasteiger partial charge in [0, 0.05) is 51.5 Å². The molecule has 2 aromatic rings. The molecule has 5 rings (SSSR count). The lowest BCUT2D eigenvalue weighted by Crippen LogP contribution is -2.39. The van der Waals surface area contributed by atoms with Gasteiger partial charge in [-0.05, 0) is 75.4 Å². The molecule has 0 atom stereocenters. The molecule has 3 aliphatic rings. The van der Waals surface area contributed by atoms with Gasteiger partial charge in [0.15, 0.2) is 23.1 Å². The summed E-state index contributed by atoms with van der Waals surface area (Å²) in [6, 6.07) is 8.74. The quantitative estimate of drug-likeness (QED) is 0.336. The van der Waals surface area contributed by atoms with Crippen molar-refractivity contribution >= 4 is 33.2 Å². The minimum atomic E-state index is -4.52. The Hall–Kier alpha value is -3.07. The highest BCUT2D eigenvalue weighted by Gasteiger charge is 2.45. The monoisotopic (exact) mass is 603 g/mol. The lowest BCUT2D eigenvalue weighted by molar-refractivity contribution is -0.137. The molecule has 0 aromatic heterocycles. The van der Waals surface area contributed by atoms with E-state index < -0.39 is 17.7 Å². The van der Waals surface area contributed by atoms with Gasteiger partial charge < -0.3 is 14.4 Å². The smallest absolute Gasteiger partial charge is 0.416 e. The Morgan fingerprint density at radius 2 is 1.44 bits per heavy atom. The van der Waals surface area contributed by atoms with Gasteiger partial charge in [0.2, 0.25) is 0 Å². The second-order valence-corrected chi connectivity index (χ2v) is 10.6. The maximum absolute atomic E-state index is 13.7. The van der Waals surface area contributed by atoms with E-state index in [2.05, 4.69) is 15.9 Å². The van der Waals surface area contributed by atoms with Gasteiger partial charge in [-0.3, -0.25) is 9.59 Å². The summed E-state index contributed by atoms with van der Waals surface area (Å²) in [5.74, 6) is 0.212. The minimum absolute atomic E-state index is 0.0955. The Balaban J connectivity index is 1.77. The Kier molecular flexibility index (Phi) is 7.64. The van der Waals surface area contributed by atoms with E-state index in [0.717, 1.165) is 12.1 Å². The van der Waals surface area contributed by atoms with Crippen molar-refractivity contribution in [3.63, 3.8) is 0 Å². The summed E-state index contributed by atoms with van der Waals surface area (Å²) in [6.07, 6.45) is -1.67. The molecule has 0 saturated carbocycles. The third-order valence-corrected chi connectivity index (χ3v) is 8.07. The first kappa shape index (κ1) is 27.5. The molecule has 0 spiro atoms. The number of hydrogen-bond donors (Lipinski definition) is 0. The summed E-state index contributed by atoms with van der Waals surface area (Å²) in [6.45, 7) is 4.57. The summed E-state index contributed by atoms with van der Waals surface area (Å²) in [5, 5.41) is 0. The molecule has 39 heavy (non-hydrogen) atoms. The zero-order valence-corrected chi connectivity index (χ0v) is 23.4. The zero-order valence-electron chi connectivity index (χ0n) is 21.8. The Morgan fingerprint density at radius 3 is 1.97 bits per heavy atom. The molecule has 1 aliphatic heterocycles. The first-order valence-electron chi connectivity index (χ1n) is 13.2. The van der Waals surface area contributed by atoms with Gasteiger partial charge in [-0.15, -0.1) is 0 Å². The van der Waals surface area contributed by atoms with Crippen molar-refractivity contribution in [2.75, 3.05) is 18.1 Å². The van der Waals surface area contributed by atoms with E-state index in [1.807, 2.05) is 19.9 Å². The van der Waals surface area contributed by atoms with Gasteiger partial charge >= 0.3 is 6.18 Å². The number of alkyl halides is 3. The van der Waals surface area contributed by atoms with Crippen LogP contribution in [0.25, 0.3) is 0 Å². The molecule has 0 amide bonds. The highest BCUT2D eigenvalue weighted by Crippen LogP contribution is 2.53. The largest absolute Gasteiger partial charge is 0.490 e. The minimum Gasteiger partial charge on any atom is -0.490 e. The first-order chi connectivity index (χ1) is 18.7. The normalized spacial score (nSPS) is 18.4. The summed E-state index contributed by atoms with van der Waals surface area (Å²) in [7, 11) is 0. The molecule has 2 aromatic carbocycles. The van der Waals surface area contributed by atoms with E-state index in [4.69, 9.17) is 9.47 Å². The Bertz CT molecular complexity index is 1350. The lowest BCUT2D eigenvalue weighted by atomic mass is 9.70. The van der Waals surface area contributed by atoms with Gasteiger partial charge in [-0.25, -0.2) is 0 Å². The van der Waals surface area contributed by atoms with Crippen LogP contribution in [0.2, 0.25) is 0 Å². The number of halogens is 4. The maximum atomic E-state index is 13.7. The Morgan fingerprint density at radius 1 is 0.872 bits per heavy atom. The molecule has 9 heteroatoms. The van der Waals surface area contributed by atoms with Crippen LogP contribution in [0.4, 0.5) is 18.9 Å². The molecule has 1 heterocycles. The molecule has 0 saturated heterocycles. The van der Waals surface area contributed by atoms with Crippen molar-refractivity contribution < 1.29 is 32.2 Å². The van der Waals surface area contributed by atoms with Crippen LogP contribution in [-0.4, -0.2) is 24.8 Å². The fraction of sp³-hybridized carbons (Fsp3) is 0.400. The standard InChI is InChI=1S/C30H29BrF3NO4/c1-3-38-25-15-19(20(31)16-26(25)39-4-2)27-28-21(10-6-12-23(28)36)35(22-11-7-13-24(37)29(22)27)18-9-5-8-17(14-18)30(32,33)34/h5,8-9,14-16,27H,3-4,6-7,10-13H2,1-2H3. The fourth-order valence-corrected chi connectivity index (χ4v) is 6.42. The maximum Gasteiger partial charge on any atom is 0.416 e. The van der Waals surface area contributed by atoms with Crippen LogP contribution in [-0.2, 0) is 15.8 Å². The van der Waals surface area contributed by atoms with Gasteiger partial charge in [-0.2, -0.15) is 13.2 Å². The summed E-state index contributed by atoms with van der Waals surface area (Å²) >= 11 is 3.66. The van der Waals surface area contributed by atoms with E-state index >= 15 is 0 Å². The molecule has 0 radical (unpaired) electrons. The zero-order chi connectivity index (χ0) is 27.9. The number of Topliss-reactive ketones (excluding diaryl/α,β-unsaturated/α-hetero) is 2. The van der Waals surface area contributed by atoms with Gasteiger partial charge in [0.25, 0.3) is 0 Å². The van der Waals surface area contributed by atoms with E-state index in [1.54, 1.807) is 17.0 Å². The van der Waals surface area contributed by atoms with Crippen LogP contribution in [0.1, 0.15) is 69.4 Å². The molecule has 0 N–H and O–H groups in total. The predicted octanol–water partition coefficient (Wildman–Crippen LogP) is 7.88. The topological polar surface area (TPSA) is 55.8 Å². The Labute approximate surface area is 233 Å². The van der Waals surface area contributed by atoms with E-state index in [0.29, 0.717) is 102 Å². The van der Waals surface area contributed by atoms with Crippen molar-refractivity contribution in [2.24, 2.45) is 0 Å². The van der Waals surface area contributed by atoms with Crippen molar-refractivity contribution in [1.29, 1.82) is 0 Å². The molecule has 0 bridgehead atoms. The summed E-state index contributed by atoms with van der Waals surface area (Å²) in [5.41, 5.74) is 2.53. The van der Waals surface area contributed by atoms with Crippen LogP contribution in [0, 0.1) is 0 Å². The van der Waals surface area contributed by atoms with Crippen molar-refractivity contribution in [3.05, 3.63) is 74.5 Å². The van der Waals surface area contributed by atoms with Gasteiger partial charge in [0.1, 0.15) is 0 Å². The molecule has 0 unspecified atom stereocenters. The second kappa shape index (κ2) is 10.8. The number of allylic oxidation sites excluding steroid dienone is 4. The summed E-state index contributed by atoms with van der Waals surface area (Å²) in [4.78, 5) is 29.0.